The molecule has 0 aliphatic heterocycles. The predicted octanol–water partition coefficient (Wildman–Crippen LogP) is 1.73. The Balaban J connectivity index is 2.67. The fraction of sp³-hybridized carbons (Fsp3) is 0.900. The molecule has 1 N–H and O–H groups in total. The van der Waals surface area contributed by atoms with Crippen molar-refractivity contribution in [2.24, 2.45) is 5.92 Å². The first kappa shape index (κ1) is 11.7. The van der Waals surface area contributed by atoms with Gasteiger partial charge in [0.05, 0.1) is 21.8 Å². The van der Waals surface area contributed by atoms with Crippen molar-refractivity contribution >= 4 is 11.0 Å². The lowest BCUT2D eigenvalue weighted by molar-refractivity contribution is 0.470. The van der Waals surface area contributed by atoms with E-state index in [1.807, 2.05) is 27.7 Å². The number of nitriles is 1. The monoisotopic (exact) mass is 214 g/mol. The standard InChI is InChI=1S/C10H18N2OS/c1-9(2,3)14(13)12-10(4,7-11)8-5-6-8/h8,12H,5-6H2,1-4H3/t10-,14?/m0/s1. The molecule has 1 saturated carbocycles. The SMILES string of the molecule is CC(C)(C)S(=O)N[C@@](C)(C#N)C1CC1. The third-order valence-electron chi connectivity index (χ3n) is 2.49. The van der Waals surface area contributed by atoms with Gasteiger partial charge in [0.1, 0.15) is 5.54 Å². The molecule has 0 aromatic heterocycles. The molecule has 1 fully saturated rings. The van der Waals surface area contributed by atoms with Crippen molar-refractivity contribution < 1.29 is 4.21 Å². The Kier molecular flexibility index (Phi) is 3.03. The number of nitrogens with one attached hydrogen (secondary N) is 1. The van der Waals surface area contributed by atoms with Gasteiger partial charge in [-0.15, -0.1) is 0 Å². The average Bonchev–Trinajstić information content (AvgIpc) is 2.84. The third kappa shape index (κ3) is 2.55. The van der Waals surface area contributed by atoms with E-state index in [4.69, 9.17) is 5.26 Å². The van der Waals surface area contributed by atoms with Gasteiger partial charge in [0.15, 0.2) is 0 Å². The van der Waals surface area contributed by atoms with Crippen molar-refractivity contribution in [2.45, 2.75) is 50.8 Å². The molecule has 0 amide bonds. The van der Waals surface area contributed by atoms with Crippen LogP contribution in [-0.2, 0) is 11.0 Å². The second-order valence-electron chi connectivity index (χ2n) is 5.07. The number of nitrogens with zero attached hydrogens (tertiary/aromatic N) is 1. The van der Waals surface area contributed by atoms with Crippen molar-refractivity contribution in [2.75, 3.05) is 0 Å². The maximum absolute atomic E-state index is 11.8. The lowest BCUT2D eigenvalue weighted by atomic mass is 10.0. The van der Waals surface area contributed by atoms with Gasteiger partial charge in [-0.3, -0.25) is 0 Å². The molecule has 0 spiro atoms. The summed E-state index contributed by atoms with van der Waals surface area (Å²) in [5.74, 6) is 0.374. The molecule has 0 aromatic rings. The molecule has 14 heavy (non-hydrogen) atoms. The maximum Gasteiger partial charge on any atom is 0.117 e. The van der Waals surface area contributed by atoms with E-state index in [-0.39, 0.29) is 4.75 Å². The second-order valence-corrected chi connectivity index (χ2v) is 7.04. The van der Waals surface area contributed by atoms with E-state index in [1.165, 1.54) is 0 Å². The lowest BCUT2D eigenvalue weighted by Crippen LogP contribution is -2.48. The highest BCUT2D eigenvalue weighted by Crippen LogP contribution is 2.39. The molecule has 4 heteroatoms. The zero-order chi connectivity index (χ0) is 11.0. The summed E-state index contributed by atoms with van der Waals surface area (Å²) in [5, 5.41) is 9.06. The van der Waals surface area contributed by atoms with Crippen molar-refractivity contribution in [1.29, 1.82) is 5.26 Å². The van der Waals surface area contributed by atoms with Crippen LogP contribution in [0.2, 0.25) is 0 Å². The largest absolute Gasteiger partial charge is 0.242 e. The number of hydrogen-bond donors (Lipinski definition) is 1. The minimum atomic E-state index is -1.16. The van der Waals surface area contributed by atoms with E-state index in [2.05, 4.69) is 10.8 Å². The third-order valence-corrected chi connectivity index (χ3v) is 4.21. The molecule has 2 atom stereocenters. The molecule has 1 rings (SSSR count). The molecule has 1 aliphatic carbocycles. The summed E-state index contributed by atoms with van der Waals surface area (Å²) in [6, 6.07) is 2.24. The zero-order valence-electron chi connectivity index (χ0n) is 9.26. The topological polar surface area (TPSA) is 52.9 Å². The van der Waals surface area contributed by atoms with E-state index in [1.54, 1.807) is 0 Å². The average molecular weight is 214 g/mol. The van der Waals surface area contributed by atoms with Crippen molar-refractivity contribution in [1.82, 2.24) is 4.72 Å². The van der Waals surface area contributed by atoms with E-state index >= 15 is 0 Å². The second kappa shape index (κ2) is 3.63. The maximum atomic E-state index is 11.8. The van der Waals surface area contributed by atoms with Crippen LogP contribution in [0, 0.1) is 17.2 Å². The first-order valence-corrected chi connectivity index (χ1v) is 6.05. The van der Waals surface area contributed by atoms with Gasteiger partial charge in [-0.05, 0) is 46.5 Å². The normalized spacial score (nSPS) is 23.6. The van der Waals surface area contributed by atoms with Gasteiger partial charge in [0.2, 0.25) is 0 Å². The Bertz CT molecular complexity index is 285. The first-order chi connectivity index (χ1) is 6.29. The van der Waals surface area contributed by atoms with Gasteiger partial charge in [0, 0.05) is 0 Å². The molecule has 0 radical (unpaired) electrons. The Morgan fingerprint density at radius 3 is 2.14 bits per heavy atom. The molecule has 1 unspecified atom stereocenters. The summed E-state index contributed by atoms with van der Waals surface area (Å²) in [5.41, 5.74) is -0.613. The zero-order valence-corrected chi connectivity index (χ0v) is 10.1. The summed E-state index contributed by atoms with van der Waals surface area (Å²) in [7, 11) is -1.16. The van der Waals surface area contributed by atoms with Crippen LogP contribution in [-0.4, -0.2) is 14.5 Å². The smallest absolute Gasteiger partial charge is 0.117 e. The molecular weight excluding hydrogens is 196 g/mol. The van der Waals surface area contributed by atoms with Gasteiger partial charge in [-0.25, -0.2) is 8.93 Å². The van der Waals surface area contributed by atoms with Gasteiger partial charge >= 0.3 is 0 Å². The molecule has 0 bridgehead atoms. The minimum absolute atomic E-state index is 0.312. The Morgan fingerprint density at radius 1 is 1.36 bits per heavy atom. The molecule has 0 aromatic carbocycles. The van der Waals surface area contributed by atoms with Crippen LogP contribution in [0.1, 0.15) is 40.5 Å². The van der Waals surface area contributed by atoms with Crippen LogP contribution in [0.15, 0.2) is 0 Å². The predicted molar refractivity (Wildman–Crippen MR) is 57.8 cm³/mol. The molecule has 0 heterocycles. The van der Waals surface area contributed by atoms with Crippen molar-refractivity contribution in [3.8, 4) is 6.07 Å². The summed E-state index contributed by atoms with van der Waals surface area (Å²) in [4.78, 5) is 0. The summed E-state index contributed by atoms with van der Waals surface area (Å²) >= 11 is 0. The summed E-state index contributed by atoms with van der Waals surface area (Å²) in [6.45, 7) is 7.55. The highest BCUT2D eigenvalue weighted by atomic mass is 32.2. The molecule has 3 nitrogen and oxygen atoms in total. The molecule has 0 saturated heterocycles. The van der Waals surface area contributed by atoms with Crippen LogP contribution in [0.4, 0.5) is 0 Å². The highest BCUT2D eigenvalue weighted by Gasteiger charge is 2.44. The van der Waals surface area contributed by atoms with Crippen LogP contribution < -0.4 is 4.72 Å². The first-order valence-electron chi connectivity index (χ1n) is 4.90. The highest BCUT2D eigenvalue weighted by molar-refractivity contribution is 7.84. The Morgan fingerprint density at radius 2 is 1.86 bits per heavy atom. The van der Waals surface area contributed by atoms with E-state index in [9.17, 15) is 4.21 Å². The van der Waals surface area contributed by atoms with Crippen LogP contribution in [0.5, 0.6) is 0 Å². The van der Waals surface area contributed by atoms with E-state index in [0.29, 0.717) is 5.92 Å². The minimum Gasteiger partial charge on any atom is -0.242 e. The van der Waals surface area contributed by atoms with Gasteiger partial charge in [-0.1, -0.05) is 0 Å². The van der Waals surface area contributed by atoms with Crippen LogP contribution in [0.25, 0.3) is 0 Å². The van der Waals surface area contributed by atoms with Crippen molar-refractivity contribution in [3.63, 3.8) is 0 Å². The molecular formula is C10H18N2OS. The van der Waals surface area contributed by atoms with E-state index < -0.39 is 16.5 Å². The summed E-state index contributed by atoms with van der Waals surface area (Å²) in [6.07, 6.45) is 2.14. The molecule has 80 valence electrons. The van der Waals surface area contributed by atoms with Gasteiger partial charge < -0.3 is 0 Å². The fourth-order valence-corrected chi connectivity index (χ4v) is 2.11. The number of rotatable bonds is 3. The Labute approximate surface area is 88.5 Å². The molecule has 1 aliphatic rings. The van der Waals surface area contributed by atoms with Gasteiger partial charge in [0.25, 0.3) is 0 Å². The summed E-state index contributed by atoms with van der Waals surface area (Å²) < 4.78 is 14.5. The van der Waals surface area contributed by atoms with Gasteiger partial charge in [-0.2, -0.15) is 5.26 Å². The van der Waals surface area contributed by atoms with Crippen LogP contribution in [0.3, 0.4) is 0 Å². The van der Waals surface area contributed by atoms with Crippen LogP contribution >= 0.6 is 0 Å². The van der Waals surface area contributed by atoms with Crippen molar-refractivity contribution in [3.05, 3.63) is 0 Å². The fourth-order valence-electron chi connectivity index (χ4n) is 1.20. The quantitative estimate of drug-likeness (QED) is 0.778. The lowest BCUT2D eigenvalue weighted by Gasteiger charge is -2.27. The van der Waals surface area contributed by atoms with E-state index in [0.717, 1.165) is 12.8 Å². The Hall–Kier alpha value is -0.400. The number of hydrogen-bond acceptors (Lipinski definition) is 2.